The van der Waals surface area contributed by atoms with Gasteiger partial charge in [0.25, 0.3) is 11.6 Å². The number of amides is 1. The number of nitro groups is 1. The van der Waals surface area contributed by atoms with Crippen LogP contribution in [0.4, 0.5) is 18.9 Å². The van der Waals surface area contributed by atoms with Crippen LogP contribution < -0.4 is 5.32 Å². The second-order valence-corrected chi connectivity index (χ2v) is 7.31. The zero-order valence-corrected chi connectivity index (χ0v) is 18.2. The van der Waals surface area contributed by atoms with Crippen LogP contribution in [0.15, 0.2) is 48.5 Å². The number of ether oxygens (including phenoxy) is 1. The summed E-state index contributed by atoms with van der Waals surface area (Å²) >= 11 is 0. The summed E-state index contributed by atoms with van der Waals surface area (Å²) < 4.78 is 43.1. The number of hydrogen-bond donors (Lipinski definition) is 3. The fourth-order valence-corrected chi connectivity index (χ4v) is 3.24. The van der Waals surface area contributed by atoms with E-state index in [0.29, 0.717) is 12.1 Å². The predicted molar refractivity (Wildman–Crippen MR) is 113 cm³/mol. The summed E-state index contributed by atoms with van der Waals surface area (Å²) in [6, 6.07) is 5.87. The van der Waals surface area contributed by atoms with Gasteiger partial charge in [0.05, 0.1) is 23.5 Å². The van der Waals surface area contributed by atoms with Gasteiger partial charge in [-0.2, -0.15) is 13.2 Å². The minimum atomic E-state index is -4.63. The van der Waals surface area contributed by atoms with Crippen LogP contribution in [0.25, 0.3) is 0 Å². The average molecular weight is 498 g/mol. The van der Waals surface area contributed by atoms with Gasteiger partial charge in [0.15, 0.2) is 6.10 Å². The molecular weight excluding hydrogens is 477 g/mol. The normalized spacial score (nSPS) is 13.9. The number of carboxylic acids is 1. The number of aliphatic hydroxyl groups is 1. The van der Waals surface area contributed by atoms with E-state index in [1.807, 2.05) is 0 Å². The van der Waals surface area contributed by atoms with Gasteiger partial charge in [-0.3, -0.25) is 19.7 Å². The second kappa shape index (κ2) is 11.4. The number of non-ortho nitro benzene ring substituents is 1. The Balaban J connectivity index is 2.33. The molecular formula is C22H21F3N2O8. The minimum absolute atomic E-state index is 0.0114. The molecule has 0 aliphatic heterocycles. The number of hydrogen-bond acceptors (Lipinski definition) is 7. The van der Waals surface area contributed by atoms with E-state index in [4.69, 9.17) is 4.74 Å². The molecule has 0 spiro atoms. The summed E-state index contributed by atoms with van der Waals surface area (Å²) in [5.41, 5.74) is -1.38. The maximum absolute atomic E-state index is 12.7. The van der Waals surface area contributed by atoms with Crippen LogP contribution in [-0.2, 0) is 25.3 Å². The van der Waals surface area contributed by atoms with Crippen LogP contribution in [0, 0.1) is 10.1 Å². The Hall–Kier alpha value is -4.00. The maximum atomic E-state index is 12.7. The molecule has 0 bridgehead atoms. The molecule has 13 heteroatoms. The highest BCUT2D eigenvalue weighted by molar-refractivity contribution is 5.88. The Kier molecular flexibility index (Phi) is 8.89. The molecule has 1 amide bonds. The van der Waals surface area contributed by atoms with Gasteiger partial charge in [0.2, 0.25) is 0 Å². The molecule has 0 unspecified atom stereocenters. The van der Waals surface area contributed by atoms with Crippen molar-refractivity contribution < 1.29 is 47.4 Å². The molecule has 0 aliphatic rings. The smallest absolute Gasteiger partial charge is 0.416 e. The number of nitrogens with zero attached hydrogens (tertiary/aromatic N) is 1. The molecule has 0 heterocycles. The van der Waals surface area contributed by atoms with Crippen LogP contribution in [0.2, 0.25) is 0 Å². The lowest BCUT2D eigenvalue weighted by molar-refractivity contribution is -0.384. The van der Waals surface area contributed by atoms with Gasteiger partial charge in [0, 0.05) is 18.1 Å². The summed E-state index contributed by atoms with van der Waals surface area (Å²) in [4.78, 5) is 46.9. The first kappa shape index (κ1) is 27.2. The van der Waals surface area contributed by atoms with Crippen molar-refractivity contribution in [2.24, 2.45) is 0 Å². The summed E-state index contributed by atoms with van der Waals surface area (Å²) in [7, 11) is 0. The minimum Gasteiger partial charge on any atom is -0.480 e. The largest absolute Gasteiger partial charge is 0.480 e. The second-order valence-electron chi connectivity index (χ2n) is 7.31. The highest BCUT2D eigenvalue weighted by Crippen LogP contribution is 2.31. The molecule has 2 aromatic carbocycles. The Morgan fingerprint density at radius 1 is 1.06 bits per heavy atom. The van der Waals surface area contributed by atoms with Crippen LogP contribution >= 0.6 is 0 Å². The van der Waals surface area contributed by atoms with Crippen molar-refractivity contribution in [2.75, 3.05) is 6.61 Å². The molecule has 0 saturated heterocycles. The molecule has 0 aliphatic carbocycles. The third-order valence-electron chi connectivity index (χ3n) is 4.99. The van der Waals surface area contributed by atoms with E-state index < -0.39 is 59.0 Å². The number of carbonyl (C=O) groups is 3. The van der Waals surface area contributed by atoms with Gasteiger partial charge < -0.3 is 20.3 Å². The van der Waals surface area contributed by atoms with Crippen molar-refractivity contribution in [3.05, 3.63) is 75.3 Å². The number of carboxylic acid groups (broad SMARTS) is 1. The highest BCUT2D eigenvalue weighted by atomic mass is 19.4. The van der Waals surface area contributed by atoms with E-state index in [9.17, 15) is 47.9 Å². The summed E-state index contributed by atoms with van der Waals surface area (Å²) in [5.74, 6) is -4.89. The lowest BCUT2D eigenvalue weighted by Gasteiger charge is -2.26. The van der Waals surface area contributed by atoms with Crippen molar-refractivity contribution in [1.29, 1.82) is 0 Å². The van der Waals surface area contributed by atoms with Crippen molar-refractivity contribution >= 4 is 23.5 Å². The van der Waals surface area contributed by atoms with Crippen molar-refractivity contribution in [3.8, 4) is 0 Å². The van der Waals surface area contributed by atoms with Gasteiger partial charge >= 0.3 is 18.1 Å². The molecule has 0 aromatic heterocycles. The average Bonchev–Trinajstić information content (AvgIpc) is 2.80. The first-order valence-corrected chi connectivity index (χ1v) is 10.1. The topological polar surface area (TPSA) is 156 Å². The third kappa shape index (κ3) is 7.24. The number of rotatable bonds is 10. The van der Waals surface area contributed by atoms with Gasteiger partial charge in [-0.1, -0.05) is 24.3 Å². The van der Waals surface area contributed by atoms with E-state index in [1.165, 1.54) is 19.1 Å². The van der Waals surface area contributed by atoms with Crippen LogP contribution in [0.5, 0.6) is 0 Å². The van der Waals surface area contributed by atoms with Crippen LogP contribution in [-0.4, -0.2) is 45.6 Å². The Morgan fingerprint density at radius 3 is 2.06 bits per heavy atom. The van der Waals surface area contributed by atoms with Crippen LogP contribution in [0.1, 0.15) is 42.1 Å². The SMILES string of the molecule is CCOC(=O)C[C@@H](c1ccc([N+](=O)[O-])cc1)[C@H](NC(=O)[C@H](O)c1ccc(C(F)(F)F)cc1)C(=O)O. The van der Waals surface area contributed by atoms with Crippen molar-refractivity contribution in [3.63, 3.8) is 0 Å². The standard InChI is InChI=1S/C22H21F3N2O8/c1-2-35-17(28)11-16(12-5-9-15(10-6-12)27(33)34)18(21(31)32)26-20(30)19(29)13-3-7-14(8-4-13)22(23,24)25/h3-10,16,18-19,29H,2,11H2,1H3,(H,26,30)(H,31,32)/t16-,18-,19+/m0/s1. The third-order valence-corrected chi connectivity index (χ3v) is 4.99. The molecule has 188 valence electrons. The van der Waals surface area contributed by atoms with Crippen LogP contribution in [0.3, 0.4) is 0 Å². The lowest BCUT2D eigenvalue weighted by Crippen LogP contribution is -2.47. The number of carbonyl (C=O) groups excluding carboxylic acids is 2. The quantitative estimate of drug-likeness (QED) is 0.256. The number of nitrogens with one attached hydrogen (secondary N) is 1. The molecule has 0 fully saturated rings. The number of halogens is 3. The highest BCUT2D eigenvalue weighted by Gasteiger charge is 2.35. The van der Waals surface area contributed by atoms with Gasteiger partial charge in [-0.15, -0.1) is 0 Å². The number of benzene rings is 2. The molecule has 3 atom stereocenters. The summed E-state index contributed by atoms with van der Waals surface area (Å²) in [6.45, 7) is 1.51. The first-order valence-electron chi connectivity index (χ1n) is 10.1. The molecule has 0 saturated carbocycles. The molecule has 2 aromatic rings. The summed E-state index contributed by atoms with van der Waals surface area (Å²) in [5, 5.41) is 33.0. The fraction of sp³-hybridized carbons (Fsp3) is 0.318. The molecule has 10 nitrogen and oxygen atoms in total. The van der Waals surface area contributed by atoms with Crippen molar-refractivity contribution in [1.82, 2.24) is 5.32 Å². The molecule has 2 rings (SSSR count). The van der Waals surface area contributed by atoms with E-state index in [1.54, 1.807) is 0 Å². The Bertz CT molecular complexity index is 1070. The number of aliphatic carboxylic acids is 1. The zero-order valence-electron chi connectivity index (χ0n) is 18.2. The number of nitro benzene ring substituents is 1. The summed E-state index contributed by atoms with van der Waals surface area (Å²) in [6.07, 6.45) is -7.18. The van der Waals surface area contributed by atoms with Crippen molar-refractivity contribution in [2.45, 2.75) is 37.6 Å². The predicted octanol–water partition coefficient (Wildman–Crippen LogP) is 2.95. The molecule has 0 radical (unpaired) electrons. The number of esters is 1. The Morgan fingerprint density at radius 2 is 1.60 bits per heavy atom. The monoisotopic (exact) mass is 498 g/mol. The number of alkyl halides is 3. The molecule has 35 heavy (non-hydrogen) atoms. The van der Waals surface area contributed by atoms with E-state index in [0.717, 1.165) is 24.3 Å². The Labute approximate surface area is 196 Å². The van der Waals surface area contributed by atoms with Gasteiger partial charge in [-0.25, -0.2) is 4.79 Å². The fourth-order valence-electron chi connectivity index (χ4n) is 3.24. The first-order chi connectivity index (χ1) is 16.3. The van der Waals surface area contributed by atoms with Gasteiger partial charge in [0.1, 0.15) is 6.04 Å². The maximum Gasteiger partial charge on any atom is 0.416 e. The van der Waals surface area contributed by atoms with Gasteiger partial charge in [-0.05, 0) is 30.2 Å². The van der Waals surface area contributed by atoms with E-state index >= 15 is 0 Å². The number of aliphatic hydroxyl groups excluding tert-OH is 1. The zero-order chi connectivity index (χ0) is 26.3. The van der Waals surface area contributed by atoms with E-state index in [2.05, 4.69) is 5.32 Å². The molecule has 3 N–H and O–H groups in total. The lowest BCUT2D eigenvalue weighted by atomic mass is 9.88. The van der Waals surface area contributed by atoms with E-state index in [-0.39, 0.29) is 23.4 Å².